The molecular weight excluding hydrogens is 416 g/mol. The molecule has 32 heavy (non-hydrogen) atoms. The summed E-state index contributed by atoms with van der Waals surface area (Å²) in [6.45, 7) is 9.89. The first kappa shape index (κ1) is 25.4. The van der Waals surface area contributed by atoms with Crippen molar-refractivity contribution in [1.82, 2.24) is 15.5 Å². The summed E-state index contributed by atoms with van der Waals surface area (Å²) in [7, 11) is 0. The van der Waals surface area contributed by atoms with Gasteiger partial charge in [-0.2, -0.15) is 0 Å². The van der Waals surface area contributed by atoms with E-state index >= 15 is 0 Å². The number of amides is 3. The van der Waals surface area contributed by atoms with Gasteiger partial charge in [0.2, 0.25) is 11.8 Å². The number of hydrogen-bond donors (Lipinski definition) is 2. The zero-order valence-electron chi connectivity index (χ0n) is 19.1. The van der Waals surface area contributed by atoms with Crippen molar-refractivity contribution < 1.29 is 23.9 Å². The lowest BCUT2D eigenvalue weighted by Gasteiger charge is -2.26. The molecule has 0 unspecified atom stereocenters. The number of rotatable bonds is 9. The summed E-state index contributed by atoms with van der Waals surface area (Å²) in [5.74, 6) is -1.20. The van der Waals surface area contributed by atoms with Gasteiger partial charge in [0.15, 0.2) is 0 Å². The Bertz CT molecular complexity index is 800. The van der Waals surface area contributed by atoms with Gasteiger partial charge in [0, 0.05) is 24.7 Å². The molecule has 10 heteroatoms. The molecule has 0 radical (unpaired) electrons. The van der Waals surface area contributed by atoms with Crippen LogP contribution in [0, 0.1) is 4.91 Å². The highest BCUT2D eigenvalue weighted by atomic mass is 16.5. The van der Waals surface area contributed by atoms with Gasteiger partial charge in [-0.1, -0.05) is 12.1 Å². The minimum atomic E-state index is -1.13. The summed E-state index contributed by atoms with van der Waals surface area (Å²) in [5.41, 5.74) is 0.371. The van der Waals surface area contributed by atoms with Crippen LogP contribution in [0.4, 0.5) is 0 Å². The first-order valence-electron chi connectivity index (χ1n) is 10.6. The molecule has 0 bridgehead atoms. The van der Waals surface area contributed by atoms with Gasteiger partial charge in [-0.25, -0.2) is 0 Å². The van der Waals surface area contributed by atoms with Crippen molar-refractivity contribution in [3.8, 4) is 5.75 Å². The normalized spacial score (nSPS) is 16.5. The molecule has 10 nitrogen and oxygen atoms in total. The van der Waals surface area contributed by atoms with Crippen molar-refractivity contribution in [2.75, 3.05) is 32.8 Å². The van der Waals surface area contributed by atoms with Gasteiger partial charge in [0.05, 0.1) is 19.8 Å². The van der Waals surface area contributed by atoms with E-state index in [9.17, 15) is 19.3 Å². The zero-order valence-corrected chi connectivity index (χ0v) is 19.1. The van der Waals surface area contributed by atoms with Crippen LogP contribution in [-0.4, -0.2) is 73.2 Å². The van der Waals surface area contributed by atoms with Crippen LogP contribution in [0.15, 0.2) is 29.4 Å². The predicted octanol–water partition coefficient (Wildman–Crippen LogP) is 1.02. The highest BCUT2D eigenvalue weighted by molar-refractivity contribution is 5.92. The average Bonchev–Trinajstić information content (AvgIpc) is 2.73. The summed E-state index contributed by atoms with van der Waals surface area (Å²) < 4.78 is 11.0. The minimum absolute atomic E-state index is 0.0839. The van der Waals surface area contributed by atoms with Gasteiger partial charge < -0.3 is 20.1 Å². The largest absolute Gasteiger partial charge is 0.488 e. The van der Waals surface area contributed by atoms with Gasteiger partial charge in [-0.15, -0.1) is 4.91 Å². The molecule has 0 saturated carbocycles. The molecule has 1 aromatic carbocycles. The first-order valence-corrected chi connectivity index (χ1v) is 10.6. The summed E-state index contributed by atoms with van der Waals surface area (Å²) in [5, 5.41) is 7.60. The van der Waals surface area contributed by atoms with Crippen LogP contribution in [-0.2, 0) is 25.5 Å². The van der Waals surface area contributed by atoms with Gasteiger partial charge >= 0.3 is 5.91 Å². The van der Waals surface area contributed by atoms with Crippen LogP contribution in [0.25, 0.3) is 0 Å². The Hall–Kier alpha value is -2.85. The van der Waals surface area contributed by atoms with Crippen LogP contribution >= 0.6 is 0 Å². The Labute approximate surface area is 188 Å². The number of benzene rings is 1. The first-order chi connectivity index (χ1) is 15.1. The third-order valence-electron chi connectivity index (χ3n) is 4.73. The van der Waals surface area contributed by atoms with Crippen LogP contribution in [0.2, 0.25) is 0 Å². The van der Waals surface area contributed by atoms with E-state index in [4.69, 9.17) is 9.47 Å². The molecule has 3 amide bonds. The SMILES string of the molecule is C[C@H](NC(=O)CN1CCOCC1)C(=O)N[C@@H](Cc1ccc(OC(C)(C)C)cc1)C(=O)N=O. The number of carbonyl (C=O) groups excluding carboxylic acids is 3. The quantitative estimate of drug-likeness (QED) is 0.540. The second-order valence-corrected chi connectivity index (χ2v) is 8.73. The minimum Gasteiger partial charge on any atom is -0.488 e. The van der Waals surface area contributed by atoms with Crippen molar-refractivity contribution >= 4 is 17.7 Å². The van der Waals surface area contributed by atoms with E-state index in [0.717, 1.165) is 5.56 Å². The molecule has 1 fully saturated rings. The number of ether oxygens (including phenoxy) is 2. The number of nitrogens with zero attached hydrogens (tertiary/aromatic N) is 2. The van der Waals surface area contributed by atoms with E-state index in [2.05, 4.69) is 15.8 Å². The van der Waals surface area contributed by atoms with Crippen molar-refractivity contribution in [2.45, 2.75) is 51.8 Å². The van der Waals surface area contributed by atoms with Crippen LogP contribution in [0.1, 0.15) is 33.3 Å². The molecule has 1 aliphatic rings. The third kappa shape index (κ3) is 8.72. The number of nitrogens with one attached hydrogen (secondary N) is 2. The second-order valence-electron chi connectivity index (χ2n) is 8.73. The van der Waals surface area contributed by atoms with Gasteiger partial charge in [0.25, 0.3) is 0 Å². The zero-order chi connectivity index (χ0) is 23.7. The van der Waals surface area contributed by atoms with E-state index in [1.165, 1.54) is 6.92 Å². The lowest BCUT2D eigenvalue weighted by Crippen LogP contribution is -2.52. The molecule has 1 saturated heterocycles. The summed E-state index contributed by atoms with van der Waals surface area (Å²) in [4.78, 5) is 49.5. The molecule has 0 aliphatic carbocycles. The van der Waals surface area contributed by atoms with Crippen LogP contribution in [0.5, 0.6) is 5.75 Å². The molecule has 0 aromatic heterocycles. The number of hydrogen-bond acceptors (Lipinski definition) is 7. The Morgan fingerprint density at radius 3 is 2.31 bits per heavy atom. The number of nitroso groups, excluding NO2 is 1. The van der Waals surface area contributed by atoms with Crippen molar-refractivity contribution in [1.29, 1.82) is 0 Å². The molecule has 1 aromatic rings. The monoisotopic (exact) mass is 448 g/mol. The Morgan fingerprint density at radius 2 is 1.75 bits per heavy atom. The average molecular weight is 449 g/mol. The fraction of sp³-hybridized carbons (Fsp3) is 0.591. The number of morpholine rings is 1. The Balaban J connectivity index is 1.92. The van der Waals surface area contributed by atoms with E-state index in [0.29, 0.717) is 32.1 Å². The number of carbonyl (C=O) groups is 3. The topological polar surface area (TPSA) is 126 Å². The summed E-state index contributed by atoms with van der Waals surface area (Å²) >= 11 is 0. The maximum absolute atomic E-state index is 12.5. The fourth-order valence-corrected chi connectivity index (χ4v) is 3.16. The maximum Gasteiger partial charge on any atom is 0.308 e. The molecule has 0 spiro atoms. The summed E-state index contributed by atoms with van der Waals surface area (Å²) in [6, 6.07) is 5.01. The molecule has 176 valence electrons. The standard InChI is InChI=1S/C22H32N4O6/c1-15(23-19(27)14-26-9-11-31-12-10-26)20(28)24-18(21(29)25-30)13-16-5-7-17(8-6-16)32-22(2,3)4/h5-8,15,18H,9-14H2,1-4H3,(H,23,27)(H,24,28)/t15-,18-/m0/s1. The molecule has 2 N–H and O–H groups in total. The molecule has 2 atom stereocenters. The Kier molecular flexibility index (Phi) is 9.27. The molecule has 1 aliphatic heterocycles. The van der Waals surface area contributed by atoms with E-state index < -0.39 is 23.9 Å². The highest BCUT2D eigenvalue weighted by Gasteiger charge is 2.26. The molecule has 2 rings (SSSR count). The van der Waals surface area contributed by atoms with Crippen LogP contribution in [0.3, 0.4) is 0 Å². The highest BCUT2D eigenvalue weighted by Crippen LogP contribution is 2.19. The van der Waals surface area contributed by atoms with E-state index in [1.807, 2.05) is 25.7 Å². The van der Waals surface area contributed by atoms with Gasteiger partial charge in [-0.3, -0.25) is 19.3 Å². The van der Waals surface area contributed by atoms with Crippen LogP contribution < -0.4 is 15.4 Å². The molecule has 1 heterocycles. The lowest BCUT2D eigenvalue weighted by molar-refractivity contribution is -0.131. The Morgan fingerprint density at radius 1 is 1.12 bits per heavy atom. The summed E-state index contributed by atoms with van der Waals surface area (Å²) in [6.07, 6.45) is 0.0839. The molecular formula is C22H32N4O6. The predicted molar refractivity (Wildman–Crippen MR) is 118 cm³/mol. The van der Waals surface area contributed by atoms with Gasteiger partial charge in [-0.05, 0) is 45.4 Å². The smallest absolute Gasteiger partial charge is 0.308 e. The van der Waals surface area contributed by atoms with E-state index in [1.54, 1.807) is 24.3 Å². The fourth-order valence-electron chi connectivity index (χ4n) is 3.16. The lowest BCUT2D eigenvalue weighted by atomic mass is 10.0. The van der Waals surface area contributed by atoms with Crippen molar-refractivity contribution in [3.05, 3.63) is 34.7 Å². The maximum atomic E-state index is 12.5. The van der Waals surface area contributed by atoms with Gasteiger partial charge in [0.1, 0.15) is 23.4 Å². The van der Waals surface area contributed by atoms with Crippen molar-refractivity contribution in [2.24, 2.45) is 5.18 Å². The van der Waals surface area contributed by atoms with E-state index in [-0.39, 0.29) is 24.5 Å². The second kappa shape index (κ2) is 11.7. The third-order valence-corrected chi connectivity index (χ3v) is 4.73. The van der Waals surface area contributed by atoms with Crippen molar-refractivity contribution in [3.63, 3.8) is 0 Å².